The SMILES string of the molecule is COC(=O)CC(O)C(O)c1cccc(C=O)n1. The van der Waals surface area contributed by atoms with Gasteiger partial charge in [0.15, 0.2) is 6.29 Å². The highest BCUT2D eigenvalue weighted by molar-refractivity contribution is 5.71. The summed E-state index contributed by atoms with van der Waals surface area (Å²) >= 11 is 0. The van der Waals surface area contributed by atoms with Crippen molar-refractivity contribution in [2.45, 2.75) is 18.6 Å². The Hall–Kier alpha value is -1.79. The molecule has 0 spiro atoms. The molecule has 0 saturated carbocycles. The Morgan fingerprint density at radius 1 is 1.53 bits per heavy atom. The van der Waals surface area contributed by atoms with Crippen LogP contribution in [0.5, 0.6) is 0 Å². The number of nitrogens with zero attached hydrogens (tertiary/aromatic N) is 1. The molecule has 2 atom stereocenters. The molecule has 0 aliphatic heterocycles. The van der Waals surface area contributed by atoms with E-state index in [1.54, 1.807) is 0 Å². The third-order valence-corrected chi connectivity index (χ3v) is 2.18. The van der Waals surface area contributed by atoms with Crippen molar-refractivity contribution in [2.75, 3.05) is 7.11 Å². The quantitative estimate of drug-likeness (QED) is 0.548. The Bertz CT molecular complexity index is 407. The van der Waals surface area contributed by atoms with Crippen molar-refractivity contribution in [1.29, 1.82) is 0 Å². The predicted molar refractivity (Wildman–Crippen MR) is 57.2 cm³/mol. The Kier molecular flexibility index (Phi) is 4.74. The van der Waals surface area contributed by atoms with Crippen LogP contribution >= 0.6 is 0 Å². The van der Waals surface area contributed by atoms with Gasteiger partial charge in [-0.3, -0.25) is 9.59 Å². The number of pyridine rings is 1. The van der Waals surface area contributed by atoms with Gasteiger partial charge in [0.05, 0.1) is 25.3 Å². The molecule has 1 heterocycles. The Balaban J connectivity index is 2.76. The molecular formula is C11H13NO5. The molecule has 2 unspecified atom stereocenters. The zero-order valence-electron chi connectivity index (χ0n) is 9.24. The maximum absolute atomic E-state index is 10.9. The van der Waals surface area contributed by atoms with Gasteiger partial charge in [-0.25, -0.2) is 4.98 Å². The fraction of sp³-hybridized carbons (Fsp3) is 0.364. The zero-order valence-corrected chi connectivity index (χ0v) is 9.24. The number of aliphatic hydroxyl groups is 2. The number of methoxy groups -OCH3 is 1. The molecule has 6 nitrogen and oxygen atoms in total. The van der Waals surface area contributed by atoms with Crippen LogP contribution in [-0.4, -0.2) is 40.7 Å². The van der Waals surface area contributed by atoms with E-state index in [2.05, 4.69) is 9.72 Å². The summed E-state index contributed by atoms with van der Waals surface area (Å²) in [6.45, 7) is 0. The van der Waals surface area contributed by atoms with Gasteiger partial charge in [0, 0.05) is 0 Å². The lowest BCUT2D eigenvalue weighted by molar-refractivity contribution is -0.144. The summed E-state index contributed by atoms with van der Waals surface area (Å²) in [4.78, 5) is 25.2. The molecular weight excluding hydrogens is 226 g/mol. The van der Waals surface area contributed by atoms with E-state index >= 15 is 0 Å². The van der Waals surface area contributed by atoms with Crippen molar-refractivity contribution < 1.29 is 24.5 Å². The normalized spacial score (nSPS) is 13.8. The average molecular weight is 239 g/mol. The Morgan fingerprint density at radius 2 is 2.24 bits per heavy atom. The number of carbonyl (C=O) groups excluding carboxylic acids is 2. The molecule has 0 fully saturated rings. The fourth-order valence-corrected chi connectivity index (χ4v) is 1.26. The van der Waals surface area contributed by atoms with Crippen molar-refractivity contribution in [3.63, 3.8) is 0 Å². The Labute approximate surface area is 97.9 Å². The van der Waals surface area contributed by atoms with Crippen LogP contribution < -0.4 is 0 Å². The molecule has 0 amide bonds. The second-order valence-corrected chi connectivity index (χ2v) is 3.40. The first-order valence-corrected chi connectivity index (χ1v) is 4.93. The minimum absolute atomic E-state index is 0.131. The van der Waals surface area contributed by atoms with E-state index in [1.807, 2.05) is 0 Å². The highest BCUT2D eigenvalue weighted by Gasteiger charge is 2.22. The van der Waals surface area contributed by atoms with Crippen LogP contribution in [0.4, 0.5) is 0 Å². The smallest absolute Gasteiger partial charge is 0.308 e. The number of carbonyl (C=O) groups is 2. The van der Waals surface area contributed by atoms with Crippen LogP contribution in [0.25, 0.3) is 0 Å². The van der Waals surface area contributed by atoms with Crippen LogP contribution in [0.3, 0.4) is 0 Å². The van der Waals surface area contributed by atoms with Crippen molar-refractivity contribution in [3.8, 4) is 0 Å². The summed E-state index contributed by atoms with van der Waals surface area (Å²) in [7, 11) is 1.19. The van der Waals surface area contributed by atoms with Crippen molar-refractivity contribution in [2.24, 2.45) is 0 Å². The highest BCUT2D eigenvalue weighted by Crippen LogP contribution is 2.17. The summed E-state index contributed by atoms with van der Waals surface area (Å²) in [5, 5.41) is 19.3. The maximum Gasteiger partial charge on any atom is 0.308 e. The first-order valence-electron chi connectivity index (χ1n) is 4.93. The van der Waals surface area contributed by atoms with Gasteiger partial charge in [0.1, 0.15) is 11.8 Å². The first-order chi connectivity index (χ1) is 8.08. The fourth-order valence-electron chi connectivity index (χ4n) is 1.26. The molecule has 0 saturated heterocycles. The topological polar surface area (TPSA) is 96.7 Å². The third-order valence-electron chi connectivity index (χ3n) is 2.18. The molecule has 0 aromatic carbocycles. The number of aldehydes is 1. The molecule has 6 heteroatoms. The van der Waals surface area contributed by atoms with Crippen LogP contribution in [0.15, 0.2) is 18.2 Å². The maximum atomic E-state index is 10.9. The van der Waals surface area contributed by atoms with Crippen molar-refractivity contribution in [1.82, 2.24) is 4.98 Å². The van der Waals surface area contributed by atoms with E-state index in [-0.39, 0.29) is 17.8 Å². The summed E-state index contributed by atoms with van der Waals surface area (Å²) < 4.78 is 4.37. The van der Waals surface area contributed by atoms with E-state index in [1.165, 1.54) is 25.3 Å². The van der Waals surface area contributed by atoms with E-state index in [4.69, 9.17) is 0 Å². The third kappa shape index (κ3) is 3.61. The second kappa shape index (κ2) is 6.07. The van der Waals surface area contributed by atoms with Crippen LogP contribution in [-0.2, 0) is 9.53 Å². The van der Waals surface area contributed by atoms with Gasteiger partial charge in [-0.1, -0.05) is 6.07 Å². The molecule has 1 aromatic rings. The number of hydrogen-bond donors (Lipinski definition) is 2. The molecule has 0 radical (unpaired) electrons. The van der Waals surface area contributed by atoms with Gasteiger partial charge in [0.2, 0.25) is 0 Å². The number of esters is 1. The summed E-state index contributed by atoms with van der Waals surface area (Å²) in [6.07, 6.45) is -2.47. The van der Waals surface area contributed by atoms with E-state index in [0.717, 1.165) is 0 Å². The number of hydrogen-bond acceptors (Lipinski definition) is 6. The minimum Gasteiger partial charge on any atom is -0.469 e. The molecule has 0 bridgehead atoms. The molecule has 1 rings (SSSR count). The lowest BCUT2D eigenvalue weighted by atomic mass is 10.1. The Morgan fingerprint density at radius 3 is 2.82 bits per heavy atom. The van der Waals surface area contributed by atoms with Gasteiger partial charge < -0.3 is 14.9 Å². The summed E-state index contributed by atoms with van der Waals surface area (Å²) in [5.41, 5.74) is 0.276. The molecule has 0 aliphatic rings. The first kappa shape index (κ1) is 13.3. The van der Waals surface area contributed by atoms with E-state index in [9.17, 15) is 19.8 Å². The summed E-state index contributed by atoms with van der Waals surface area (Å²) in [6, 6.07) is 4.45. The molecule has 92 valence electrons. The number of aromatic nitrogens is 1. The van der Waals surface area contributed by atoms with Crippen LogP contribution in [0.2, 0.25) is 0 Å². The van der Waals surface area contributed by atoms with Crippen molar-refractivity contribution in [3.05, 3.63) is 29.6 Å². The standard InChI is InChI=1S/C11H13NO5/c1-17-10(15)5-9(14)11(16)8-4-2-3-7(6-13)12-8/h2-4,6,9,11,14,16H,5H2,1H3. The highest BCUT2D eigenvalue weighted by atomic mass is 16.5. The molecule has 1 aromatic heterocycles. The monoisotopic (exact) mass is 239 g/mol. The average Bonchev–Trinajstić information content (AvgIpc) is 2.37. The van der Waals surface area contributed by atoms with Crippen LogP contribution in [0, 0.1) is 0 Å². The zero-order chi connectivity index (χ0) is 12.8. The van der Waals surface area contributed by atoms with Gasteiger partial charge in [-0.05, 0) is 12.1 Å². The van der Waals surface area contributed by atoms with E-state index < -0.39 is 18.2 Å². The van der Waals surface area contributed by atoms with Crippen LogP contribution in [0.1, 0.15) is 28.7 Å². The number of aliphatic hydroxyl groups excluding tert-OH is 2. The van der Waals surface area contributed by atoms with Gasteiger partial charge in [-0.15, -0.1) is 0 Å². The van der Waals surface area contributed by atoms with E-state index in [0.29, 0.717) is 6.29 Å². The van der Waals surface area contributed by atoms with Gasteiger partial charge in [-0.2, -0.15) is 0 Å². The van der Waals surface area contributed by atoms with Crippen molar-refractivity contribution >= 4 is 12.3 Å². The van der Waals surface area contributed by atoms with Gasteiger partial charge in [0.25, 0.3) is 0 Å². The lowest BCUT2D eigenvalue weighted by Gasteiger charge is -2.16. The minimum atomic E-state index is -1.34. The lowest BCUT2D eigenvalue weighted by Crippen LogP contribution is -2.23. The molecule has 0 aliphatic carbocycles. The second-order valence-electron chi connectivity index (χ2n) is 3.40. The molecule has 17 heavy (non-hydrogen) atoms. The number of ether oxygens (including phenoxy) is 1. The number of rotatable bonds is 5. The van der Waals surface area contributed by atoms with Gasteiger partial charge >= 0.3 is 5.97 Å². The summed E-state index contributed by atoms with van der Waals surface area (Å²) in [5.74, 6) is -0.636. The predicted octanol–water partition coefficient (Wildman–Crippen LogP) is -0.148. The molecule has 2 N–H and O–H groups in total. The largest absolute Gasteiger partial charge is 0.469 e.